The van der Waals surface area contributed by atoms with E-state index in [-0.39, 0.29) is 29.0 Å². The van der Waals surface area contributed by atoms with Gasteiger partial charge in [-0.1, -0.05) is 30.4 Å². The standard InChI is InChI=1S/C17H16N2O3/c1-9(20)14(10(2)21)16-17(22)19-13-8-4-6-11-5-3-7-12(18-16)15(11)13/h3-8,13,15,20H,1-2H3,(H,19,22)/b14-9-. The second-order valence-corrected chi connectivity index (χ2v) is 5.46. The molecule has 2 aliphatic carbocycles. The first-order valence-corrected chi connectivity index (χ1v) is 7.06. The van der Waals surface area contributed by atoms with Gasteiger partial charge in [0, 0.05) is 0 Å². The van der Waals surface area contributed by atoms with E-state index in [4.69, 9.17) is 0 Å². The quantitative estimate of drug-likeness (QED) is 0.603. The van der Waals surface area contributed by atoms with Crippen molar-refractivity contribution in [3.63, 3.8) is 0 Å². The number of Topliss-reactive ketones (excluding diaryl/α,β-unsaturated/α-hetero) is 1. The van der Waals surface area contributed by atoms with E-state index in [1.54, 1.807) is 0 Å². The largest absolute Gasteiger partial charge is 0.512 e. The number of aliphatic hydroxyl groups is 1. The van der Waals surface area contributed by atoms with E-state index in [2.05, 4.69) is 10.3 Å². The molecule has 0 radical (unpaired) electrons. The molecule has 0 bridgehead atoms. The first kappa shape index (κ1) is 14.3. The summed E-state index contributed by atoms with van der Waals surface area (Å²) in [4.78, 5) is 28.7. The molecule has 0 saturated heterocycles. The number of hydrogen-bond acceptors (Lipinski definition) is 4. The van der Waals surface area contributed by atoms with Gasteiger partial charge in [-0.05, 0) is 25.5 Å². The van der Waals surface area contributed by atoms with Crippen molar-refractivity contribution in [2.45, 2.75) is 19.9 Å². The maximum absolute atomic E-state index is 12.5. The maximum Gasteiger partial charge on any atom is 0.271 e. The number of amides is 1. The van der Waals surface area contributed by atoms with Crippen LogP contribution in [0.2, 0.25) is 0 Å². The third kappa shape index (κ3) is 2.24. The zero-order valence-corrected chi connectivity index (χ0v) is 12.3. The average molecular weight is 296 g/mol. The summed E-state index contributed by atoms with van der Waals surface area (Å²) in [6, 6.07) is -0.211. The van der Waals surface area contributed by atoms with Crippen LogP contribution in [0.1, 0.15) is 13.8 Å². The van der Waals surface area contributed by atoms with E-state index >= 15 is 0 Å². The van der Waals surface area contributed by atoms with Crippen LogP contribution >= 0.6 is 0 Å². The Labute approximate surface area is 128 Å². The molecule has 0 fully saturated rings. The lowest BCUT2D eigenvalue weighted by Gasteiger charge is -2.28. The maximum atomic E-state index is 12.5. The molecule has 2 unspecified atom stereocenters. The number of carbonyl (C=O) groups is 2. The van der Waals surface area contributed by atoms with Crippen molar-refractivity contribution in [1.29, 1.82) is 0 Å². The minimum absolute atomic E-state index is 0.0313. The van der Waals surface area contributed by atoms with Crippen molar-refractivity contribution in [3.8, 4) is 0 Å². The molecule has 5 nitrogen and oxygen atoms in total. The molecule has 0 aromatic heterocycles. The van der Waals surface area contributed by atoms with E-state index in [1.807, 2.05) is 36.5 Å². The summed E-state index contributed by atoms with van der Waals surface area (Å²) < 4.78 is 0. The summed E-state index contributed by atoms with van der Waals surface area (Å²) in [5, 5.41) is 12.6. The van der Waals surface area contributed by atoms with Crippen molar-refractivity contribution in [2.24, 2.45) is 10.9 Å². The van der Waals surface area contributed by atoms with Crippen LogP contribution in [-0.2, 0) is 9.59 Å². The number of aliphatic hydroxyl groups excluding tert-OH is 1. The summed E-state index contributed by atoms with van der Waals surface area (Å²) in [5.41, 5.74) is 1.69. The number of nitrogens with one attached hydrogen (secondary N) is 1. The fourth-order valence-electron chi connectivity index (χ4n) is 2.98. The lowest BCUT2D eigenvalue weighted by molar-refractivity contribution is -0.116. The number of carbonyl (C=O) groups excluding carboxylic acids is 2. The van der Waals surface area contributed by atoms with E-state index in [9.17, 15) is 14.7 Å². The highest BCUT2D eigenvalue weighted by Gasteiger charge is 2.36. The monoisotopic (exact) mass is 296 g/mol. The second-order valence-electron chi connectivity index (χ2n) is 5.46. The summed E-state index contributed by atoms with van der Waals surface area (Å²) in [5.74, 6) is -1.12. The minimum atomic E-state index is -0.454. The normalized spacial score (nSPS) is 26.8. The highest BCUT2D eigenvalue weighted by molar-refractivity contribution is 6.51. The molecule has 1 amide bonds. The SMILES string of the molecule is CC(=O)/C(C1=NC2=CC=CC3=CC=CC(NC1=O)C32)=C(\C)O. The predicted octanol–water partition coefficient (Wildman–Crippen LogP) is 1.91. The number of ketones is 1. The van der Waals surface area contributed by atoms with Crippen LogP contribution in [-0.4, -0.2) is 28.6 Å². The van der Waals surface area contributed by atoms with Crippen molar-refractivity contribution in [3.05, 3.63) is 59.1 Å². The Balaban J connectivity index is 2.16. The van der Waals surface area contributed by atoms with Gasteiger partial charge in [-0.2, -0.15) is 0 Å². The number of rotatable bonds is 2. The van der Waals surface area contributed by atoms with Crippen LogP contribution in [0.4, 0.5) is 0 Å². The Morgan fingerprint density at radius 1 is 1.27 bits per heavy atom. The Morgan fingerprint density at radius 2 is 2.05 bits per heavy atom. The topological polar surface area (TPSA) is 78.8 Å². The number of allylic oxidation sites excluding steroid dienone is 6. The Kier molecular flexibility index (Phi) is 3.41. The molecule has 0 aromatic rings. The summed E-state index contributed by atoms with van der Waals surface area (Å²) in [7, 11) is 0. The summed E-state index contributed by atoms with van der Waals surface area (Å²) in [6.45, 7) is 2.69. The summed E-state index contributed by atoms with van der Waals surface area (Å²) >= 11 is 0. The third-order valence-corrected chi connectivity index (χ3v) is 3.90. The molecule has 3 aliphatic rings. The number of aliphatic imine (C=N–C) groups is 1. The summed E-state index contributed by atoms with van der Waals surface area (Å²) in [6.07, 6.45) is 11.5. The Morgan fingerprint density at radius 3 is 2.73 bits per heavy atom. The van der Waals surface area contributed by atoms with E-state index in [1.165, 1.54) is 13.8 Å². The molecular formula is C17H16N2O3. The lowest BCUT2D eigenvalue weighted by Crippen LogP contribution is -2.42. The van der Waals surface area contributed by atoms with Crippen molar-refractivity contribution in [2.75, 3.05) is 0 Å². The molecule has 1 aliphatic heterocycles. The molecule has 0 aromatic carbocycles. The van der Waals surface area contributed by atoms with Gasteiger partial charge in [-0.3, -0.25) is 9.59 Å². The van der Waals surface area contributed by atoms with Gasteiger partial charge >= 0.3 is 0 Å². The Bertz CT molecular complexity index is 744. The molecule has 5 heteroatoms. The molecule has 22 heavy (non-hydrogen) atoms. The van der Waals surface area contributed by atoms with E-state index in [0.717, 1.165) is 5.57 Å². The van der Waals surface area contributed by atoms with Crippen LogP contribution in [0, 0.1) is 5.92 Å². The minimum Gasteiger partial charge on any atom is -0.512 e. The molecule has 0 spiro atoms. The molecule has 0 saturated carbocycles. The number of nitrogens with zero attached hydrogens (tertiary/aromatic N) is 1. The van der Waals surface area contributed by atoms with Gasteiger partial charge in [-0.25, -0.2) is 4.99 Å². The van der Waals surface area contributed by atoms with Gasteiger partial charge in [0.2, 0.25) is 0 Å². The number of hydrogen-bond donors (Lipinski definition) is 2. The molecule has 2 N–H and O–H groups in total. The lowest BCUT2D eigenvalue weighted by atomic mass is 9.82. The van der Waals surface area contributed by atoms with Crippen LogP contribution in [0.3, 0.4) is 0 Å². The van der Waals surface area contributed by atoms with E-state index in [0.29, 0.717) is 5.70 Å². The van der Waals surface area contributed by atoms with Gasteiger partial charge in [0.05, 0.1) is 23.2 Å². The van der Waals surface area contributed by atoms with Crippen molar-refractivity contribution in [1.82, 2.24) is 5.32 Å². The molecule has 2 atom stereocenters. The van der Waals surface area contributed by atoms with Crippen LogP contribution in [0.5, 0.6) is 0 Å². The smallest absolute Gasteiger partial charge is 0.271 e. The van der Waals surface area contributed by atoms with Gasteiger partial charge in [0.25, 0.3) is 5.91 Å². The molecular weight excluding hydrogens is 280 g/mol. The van der Waals surface area contributed by atoms with Crippen LogP contribution < -0.4 is 5.32 Å². The van der Waals surface area contributed by atoms with Crippen molar-refractivity contribution < 1.29 is 14.7 Å². The van der Waals surface area contributed by atoms with E-state index < -0.39 is 11.7 Å². The Hall–Kier alpha value is -2.69. The first-order chi connectivity index (χ1) is 10.5. The van der Waals surface area contributed by atoms with Gasteiger partial charge in [-0.15, -0.1) is 0 Å². The van der Waals surface area contributed by atoms with Gasteiger partial charge < -0.3 is 10.4 Å². The van der Waals surface area contributed by atoms with Crippen LogP contribution in [0.15, 0.2) is 64.1 Å². The fraction of sp³-hybridized carbons (Fsp3) is 0.235. The third-order valence-electron chi connectivity index (χ3n) is 3.90. The first-order valence-electron chi connectivity index (χ1n) is 7.06. The highest BCUT2D eigenvalue weighted by atomic mass is 16.3. The fourth-order valence-corrected chi connectivity index (χ4v) is 2.98. The molecule has 112 valence electrons. The van der Waals surface area contributed by atoms with Crippen molar-refractivity contribution >= 4 is 17.4 Å². The van der Waals surface area contributed by atoms with Gasteiger partial charge in [0.1, 0.15) is 11.5 Å². The van der Waals surface area contributed by atoms with Gasteiger partial charge in [0.15, 0.2) is 5.78 Å². The second kappa shape index (κ2) is 5.26. The molecule has 3 rings (SSSR count). The average Bonchev–Trinajstić information content (AvgIpc) is 2.58. The zero-order chi connectivity index (χ0) is 15.9. The van der Waals surface area contributed by atoms with Crippen LogP contribution in [0.25, 0.3) is 0 Å². The predicted molar refractivity (Wildman–Crippen MR) is 83.3 cm³/mol. The zero-order valence-electron chi connectivity index (χ0n) is 12.3. The highest BCUT2D eigenvalue weighted by Crippen LogP contribution is 2.34. The molecule has 1 heterocycles.